The summed E-state index contributed by atoms with van der Waals surface area (Å²) >= 11 is 0. The van der Waals surface area contributed by atoms with Gasteiger partial charge in [0.25, 0.3) is 0 Å². The summed E-state index contributed by atoms with van der Waals surface area (Å²) in [7, 11) is 0. The Morgan fingerprint density at radius 3 is 1.34 bits per heavy atom. The highest BCUT2D eigenvalue weighted by atomic mass is 16.7. The van der Waals surface area contributed by atoms with Gasteiger partial charge in [0, 0.05) is 6.42 Å². The zero-order valence-electron chi connectivity index (χ0n) is 34.5. The number of hydrogen-bond acceptors (Lipinski definition) is 8. The topological polar surface area (TPSA) is 149 Å². The standard InChI is InChI=1S/C44H87NO8/c1-3-5-7-9-11-13-15-16-17-18-19-20-21-22-23-24-26-28-30-32-34-40(48)45-37(36-52-44-43(51)42(50)41(49)39(35-46)53-44)38(47)33-31-29-27-25-14-12-10-8-6-4-2/h37-39,41-44,46-47,49-51H,3-36H2,1-2H3,(H,45,48)/t37-,38+,39+,41-,42?,43?,44+/m0/s1. The summed E-state index contributed by atoms with van der Waals surface area (Å²) < 4.78 is 11.2. The molecule has 0 spiro atoms. The normalized spacial score (nSPS) is 21.5. The quantitative estimate of drug-likeness (QED) is 0.0342. The summed E-state index contributed by atoms with van der Waals surface area (Å²) in [6.07, 6.45) is 31.2. The van der Waals surface area contributed by atoms with Crippen molar-refractivity contribution in [3.63, 3.8) is 0 Å². The predicted octanol–water partition coefficient (Wildman–Crippen LogP) is 9.17. The minimum Gasteiger partial charge on any atom is -0.394 e. The first-order valence-electron chi connectivity index (χ1n) is 22.7. The number of aliphatic hydroxyl groups excluding tert-OH is 5. The van der Waals surface area contributed by atoms with Crippen LogP contribution >= 0.6 is 0 Å². The molecule has 6 N–H and O–H groups in total. The van der Waals surface area contributed by atoms with E-state index in [4.69, 9.17) is 9.47 Å². The molecule has 7 atom stereocenters. The zero-order chi connectivity index (χ0) is 38.8. The highest BCUT2D eigenvalue weighted by Gasteiger charge is 2.44. The molecule has 0 saturated carbocycles. The van der Waals surface area contributed by atoms with Crippen LogP contribution in [-0.2, 0) is 14.3 Å². The molecule has 9 heteroatoms. The fourth-order valence-electron chi connectivity index (χ4n) is 7.51. The van der Waals surface area contributed by atoms with Crippen LogP contribution in [0.4, 0.5) is 0 Å². The molecule has 0 aromatic carbocycles. The summed E-state index contributed by atoms with van der Waals surface area (Å²) in [5.41, 5.74) is 0. The molecule has 1 aliphatic rings. The van der Waals surface area contributed by atoms with Crippen LogP contribution in [0.2, 0.25) is 0 Å². The Morgan fingerprint density at radius 1 is 0.566 bits per heavy atom. The summed E-state index contributed by atoms with van der Waals surface area (Å²) in [5.74, 6) is -0.142. The largest absolute Gasteiger partial charge is 0.394 e. The second kappa shape index (κ2) is 35.6. The highest BCUT2D eigenvalue weighted by Crippen LogP contribution is 2.23. The van der Waals surface area contributed by atoms with E-state index in [0.29, 0.717) is 12.8 Å². The van der Waals surface area contributed by atoms with E-state index in [2.05, 4.69) is 19.2 Å². The van der Waals surface area contributed by atoms with Crippen molar-refractivity contribution in [1.82, 2.24) is 5.32 Å². The molecule has 1 amide bonds. The molecule has 0 bridgehead atoms. The number of carbonyl (C=O) groups excluding carboxylic acids is 1. The van der Waals surface area contributed by atoms with Crippen LogP contribution in [0.5, 0.6) is 0 Å². The van der Waals surface area contributed by atoms with E-state index in [0.717, 1.165) is 38.5 Å². The van der Waals surface area contributed by atoms with Crippen molar-refractivity contribution in [1.29, 1.82) is 0 Å². The van der Waals surface area contributed by atoms with Gasteiger partial charge in [-0.3, -0.25) is 4.79 Å². The van der Waals surface area contributed by atoms with Gasteiger partial charge in [-0.1, -0.05) is 200 Å². The molecule has 1 rings (SSSR count). The smallest absolute Gasteiger partial charge is 0.220 e. The molecule has 1 aliphatic heterocycles. The van der Waals surface area contributed by atoms with Crippen LogP contribution in [-0.4, -0.2) is 87.5 Å². The Kier molecular flexibility index (Phi) is 33.7. The van der Waals surface area contributed by atoms with Gasteiger partial charge in [0.15, 0.2) is 6.29 Å². The Bertz CT molecular complexity index is 801. The lowest BCUT2D eigenvalue weighted by Gasteiger charge is -2.40. The highest BCUT2D eigenvalue weighted by molar-refractivity contribution is 5.76. The van der Waals surface area contributed by atoms with Gasteiger partial charge in [-0.05, 0) is 12.8 Å². The monoisotopic (exact) mass is 758 g/mol. The summed E-state index contributed by atoms with van der Waals surface area (Å²) in [6, 6.07) is -0.710. The van der Waals surface area contributed by atoms with Crippen molar-refractivity contribution in [3.05, 3.63) is 0 Å². The first-order valence-corrected chi connectivity index (χ1v) is 22.7. The van der Waals surface area contributed by atoms with Gasteiger partial charge in [-0.2, -0.15) is 0 Å². The van der Waals surface area contributed by atoms with E-state index in [1.165, 1.54) is 154 Å². The number of aliphatic hydroxyl groups is 5. The van der Waals surface area contributed by atoms with Crippen LogP contribution in [0.25, 0.3) is 0 Å². The summed E-state index contributed by atoms with van der Waals surface area (Å²) in [4.78, 5) is 12.9. The van der Waals surface area contributed by atoms with Crippen molar-refractivity contribution in [3.8, 4) is 0 Å². The maximum Gasteiger partial charge on any atom is 0.220 e. The van der Waals surface area contributed by atoms with E-state index in [1.807, 2.05) is 0 Å². The lowest BCUT2D eigenvalue weighted by Crippen LogP contribution is -2.60. The Morgan fingerprint density at radius 2 is 0.943 bits per heavy atom. The molecule has 1 fully saturated rings. The van der Waals surface area contributed by atoms with Crippen molar-refractivity contribution < 1.29 is 39.8 Å². The van der Waals surface area contributed by atoms with Gasteiger partial charge >= 0.3 is 0 Å². The van der Waals surface area contributed by atoms with E-state index >= 15 is 0 Å². The lowest BCUT2D eigenvalue weighted by molar-refractivity contribution is -0.302. The Hall–Kier alpha value is -0.810. The molecule has 0 radical (unpaired) electrons. The maximum absolute atomic E-state index is 12.9. The SMILES string of the molecule is CCCCCCCCCCCCCCCCCCCCCCC(=O)N[C@@H](CO[C@@H]1O[C@H](CO)[C@H](O)C(O)C1O)[C@H](O)CCCCCCCCCCCC. The van der Waals surface area contributed by atoms with Crippen LogP contribution in [0.3, 0.4) is 0 Å². The summed E-state index contributed by atoms with van der Waals surface area (Å²) in [6.45, 7) is 3.83. The van der Waals surface area contributed by atoms with Crippen LogP contribution in [0.15, 0.2) is 0 Å². The Labute approximate surface area is 325 Å². The molecule has 0 aromatic rings. The third-order valence-electron chi connectivity index (χ3n) is 11.2. The molecule has 9 nitrogen and oxygen atoms in total. The number of hydrogen-bond donors (Lipinski definition) is 6. The number of unbranched alkanes of at least 4 members (excludes halogenated alkanes) is 28. The molecule has 0 aromatic heterocycles. The van der Waals surface area contributed by atoms with Gasteiger partial charge in [0.05, 0.1) is 25.4 Å². The molecule has 0 aliphatic carbocycles. The number of amides is 1. The van der Waals surface area contributed by atoms with E-state index in [1.54, 1.807) is 0 Å². The fraction of sp³-hybridized carbons (Fsp3) is 0.977. The number of ether oxygens (including phenoxy) is 2. The molecule has 316 valence electrons. The molecule has 53 heavy (non-hydrogen) atoms. The van der Waals surface area contributed by atoms with Crippen LogP contribution in [0.1, 0.15) is 219 Å². The first kappa shape index (κ1) is 50.2. The van der Waals surface area contributed by atoms with Crippen LogP contribution in [0, 0.1) is 0 Å². The van der Waals surface area contributed by atoms with Crippen molar-refractivity contribution in [2.45, 2.75) is 262 Å². The number of carbonyl (C=O) groups is 1. The zero-order valence-corrected chi connectivity index (χ0v) is 34.5. The minimum absolute atomic E-state index is 0.132. The molecule has 1 heterocycles. The van der Waals surface area contributed by atoms with Crippen molar-refractivity contribution in [2.75, 3.05) is 13.2 Å². The number of nitrogens with one attached hydrogen (secondary N) is 1. The average molecular weight is 758 g/mol. The molecule has 2 unspecified atom stereocenters. The fourth-order valence-corrected chi connectivity index (χ4v) is 7.51. The van der Waals surface area contributed by atoms with E-state index < -0.39 is 49.5 Å². The van der Waals surface area contributed by atoms with E-state index in [-0.39, 0.29) is 12.5 Å². The average Bonchev–Trinajstić information content (AvgIpc) is 3.16. The van der Waals surface area contributed by atoms with Gasteiger partial charge in [-0.15, -0.1) is 0 Å². The molecule has 1 saturated heterocycles. The predicted molar refractivity (Wildman–Crippen MR) is 217 cm³/mol. The van der Waals surface area contributed by atoms with Gasteiger partial charge < -0.3 is 40.3 Å². The van der Waals surface area contributed by atoms with Crippen molar-refractivity contribution in [2.24, 2.45) is 0 Å². The van der Waals surface area contributed by atoms with Crippen LogP contribution < -0.4 is 5.32 Å². The number of rotatable bonds is 38. The third kappa shape index (κ3) is 26.6. The second-order valence-corrected chi connectivity index (χ2v) is 16.2. The van der Waals surface area contributed by atoms with Gasteiger partial charge in [-0.25, -0.2) is 0 Å². The summed E-state index contributed by atoms with van der Waals surface area (Å²) in [5, 5.41) is 54.2. The first-order chi connectivity index (χ1) is 25.8. The van der Waals surface area contributed by atoms with E-state index in [9.17, 15) is 30.3 Å². The minimum atomic E-state index is -1.55. The molecular weight excluding hydrogens is 670 g/mol. The molecular formula is C44H87NO8. The van der Waals surface area contributed by atoms with Crippen molar-refractivity contribution >= 4 is 5.91 Å². The van der Waals surface area contributed by atoms with Gasteiger partial charge in [0.2, 0.25) is 5.91 Å². The maximum atomic E-state index is 12.9. The Balaban J connectivity index is 2.26. The van der Waals surface area contributed by atoms with Gasteiger partial charge in [0.1, 0.15) is 24.4 Å². The third-order valence-corrected chi connectivity index (χ3v) is 11.2. The lowest BCUT2D eigenvalue weighted by atomic mass is 9.99. The second-order valence-electron chi connectivity index (χ2n) is 16.2.